The van der Waals surface area contributed by atoms with E-state index in [1.54, 1.807) is 0 Å². The van der Waals surface area contributed by atoms with Gasteiger partial charge < -0.3 is 15.4 Å². The monoisotopic (exact) mass is 220 g/mol. The van der Waals surface area contributed by atoms with Crippen LogP contribution in [0.4, 0.5) is 5.69 Å². The number of para-hydroxylation sites is 1. The summed E-state index contributed by atoms with van der Waals surface area (Å²) in [7, 11) is 2.11. The van der Waals surface area contributed by atoms with E-state index in [-0.39, 0.29) is 6.04 Å². The Labute approximate surface area is 97.2 Å². The molecule has 3 heteroatoms. The lowest BCUT2D eigenvalue weighted by Gasteiger charge is -2.32. The summed E-state index contributed by atoms with van der Waals surface area (Å²) in [6, 6.07) is 10.7. The summed E-state index contributed by atoms with van der Waals surface area (Å²) >= 11 is 0. The summed E-state index contributed by atoms with van der Waals surface area (Å²) in [6.07, 6.45) is 0.979. The number of hydrogen-bond acceptors (Lipinski definition) is 3. The van der Waals surface area contributed by atoms with Crippen molar-refractivity contribution in [1.29, 1.82) is 0 Å². The molecule has 0 amide bonds. The first-order chi connectivity index (χ1) is 7.77. The molecule has 2 rings (SSSR count). The Hall–Kier alpha value is -1.06. The van der Waals surface area contributed by atoms with Crippen molar-refractivity contribution in [2.45, 2.75) is 12.5 Å². The van der Waals surface area contributed by atoms with Crippen LogP contribution in [-0.2, 0) is 4.74 Å². The minimum atomic E-state index is 0.278. The second kappa shape index (κ2) is 5.32. The highest BCUT2D eigenvalue weighted by Gasteiger charge is 2.23. The van der Waals surface area contributed by atoms with E-state index < -0.39 is 0 Å². The average molecular weight is 220 g/mol. The van der Waals surface area contributed by atoms with Crippen LogP contribution in [0.25, 0.3) is 0 Å². The lowest BCUT2D eigenvalue weighted by molar-refractivity contribution is 0.0450. The zero-order valence-corrected chi connectivity index (χ0v) is 9.80. The molecular weight excluding hydrogens is 200 g/mol. The summed E-state index contributed by atoms with van der Waals surface area (Å²) in [5.41, 5.74) is 7.34. The molecule has 88 valence electrons. The minimum Gasteiger partial charge on any atom is -0.381 e. The normalized spacial score (nSPS) is 25.4. The van der Waals surface area contributed by atoms with Crippen LogP contribution < -0.4 is 10.6 Å². The van der Waals surface area contributed by atoms with Gasteiger partial charge in [-0.25, -0.2) is 0 Å². The van der Waals surface area contributed by atoms with Gasteiger partial charge in [0.15, 0.2) is 0 Å². The topological polar surface area (TPSA) is 38.5 Å². The van der Waals surface area contributed by atoms with E-state index >= 15 is 0 Å². The van der Waals surface area contributed by atoms with E-state index in [2.05, 4.69) is 36.2 Å². The van der Waals surface area contributed by atoms with E-state index in [0.29, 0.717) is 5.92 Å². The van der Waals surface area contributed by atoms with Crippen molar-refractivity contribution in [3.63, 3.8) is 0 Å². The van der Waals surface area contributed by atoms with Gasteiger partial charge in [-0.05, 0) is 18.6 Å². The van der Waals surface area contributed by atoms with Crippen LogP contribution >= 0.6 is 0 Å². The number of rotatable bonds is 3. The number of nitrogens with two attached hydrogens (primary N) is 1. The largest absolute Gasteiger partial charge is 0.381 e. The molecule has 1 aromatic carbocycles. The van der Waals surface area contributed by atoms with Crippen molar-refractivity contribution < 1.29 is 4.74 Å². The van der Waals surface area contributed by atoms with Crippen molar-refractivity contribution in [2.24, 2.45) is 11.7 Å². The first-order valence-electron chi connectivity index (χ1n) is 5.87. The molecule has 0 spiro atoms. The molecule has 16 heavy (non-hydrogen) atoms. The number of hydrogen-bond donors (Lipinski definition) is 1. The molecule has 1 heterocycles. The molecule has 3 nitrogen and oxygen atoms in total. The quantitative estimate of drug-likeness (QED) is 0.838. The third-order valence-corrected chi connectivity index (χ3v) is 3.24. The summed E-state index contributed by atoms with van der Waals surface area (Å²) in [5, 5.41) is 0. The summed E-state index contributed by atoms with van der Waals surface area (Å²) in [6.45, 7) is 2.57. The second-order valence-electron chi connectivity index (χ2n) is 4.50. The van der Waals surface area contributed by atoms with Crippen LogP contribution in [0, 0.1) is 5.92 Å². The highest BCUT2D eigenvalue weighted by atomic mass is 16.5. The van der Waals surface area contributed by atoms with Crippen molar-refractivity contribution in [2.75, 3.05) is 31.7 Å². The SMILES string of the molecule is CN(CC1COCCC1N)c1ccccc1. The predicted molar refractivity (Wildman–Crippen MR) is 66.6 cm³/mol. The summed E-state index contributed by atoms with van der Waals surface area (Å²) < 4.78 is 5.48. The van der Waals surface area contributed by atoms with Gasteiger partial charge in [-0.2, -0.15) is 0 Å². The Kier molecular flexibility index (Phi) is 3.80. The lowest BCUT2D eigenvalue weighted by Crippen LogP contribution is -2.44. The molecule has 1 fully saturated rings. The molecule has 0 aliphatic carbocycles. The van der Waals surface area contributed by atoms with Gasteiger partial charge in [0.2, 0.25) is 0 Å². The molecular formula is C13H20N2O. The average Bonchev–Trinajstić information content (AvgIpc) is 2.33. The van der Waals surface area contributed by atoms with Gasteiger partial charge in [-0.15, -0.1) is 0 Å². The zero-order chi connectivity index (χ0) is 11.4. The van der Waals surface area contributed by atoms with Gasteiger partial charge in [0.25, 0.3) is 0 Å². The van der Waals surface area contributed by atoms with Crippen molar-refractivity contribution >= 4 is 5.69 Å². The fourth-order valence-corrected chi connectivity index (χ4v) is 2.14. The smallest absolute Gasteiger partial charge is 0.0526 e. The lowest BCUT2D eigenvalue weighted by atomic mass is 9.96. The van der Waals surface area contributed by atoms with Crippen LogP contribution in [0.1, 0.15) is 6.42 Å². The van der Waals surface area contributed by atoms with Crippen LogP contribution in [0.2, 0.25) is 0 Å². The first-order valence-corrected chi connectivity index (χ1v) is 5.87. The summed E-state index contributed by atoms with van der Waals surface area (Å²) in [4.78, 5) is 2.25. The Morgan fingerprint density at radius 1 is 1.38 bits per heavy atom. The standard InChI is InChI=1S/C13H20N2O/c1-15(12-5-3-2-4-6-12)9-11-10-16-8-7-13(11)14/h2-6,11,13H,7-10,14H2,1H3. The van der Waals surface area contributed by atoms with Crippen molar-refractivity contribution in [3.8, 4) is 0 Å². The predicted octanol–water partition coefficient (Wildman–Crippen LogP) is 1.49. The molecule has 0 aromatic heterocycles. The molecule has 2 N–H and O–H groups in total. The first kappa shape index (κ1) is 11.4. The Bertz CT molecular complexity index is 315. The van der Waals surface area contributed by atoms with Gasteiger partial charge in [-0.3, -0.25) is 0 Å². The molecule has 1 aromatic rings. The number of ether oxygens (including phenoxy) is 1. The molecule has 0 radical (unpaired) electrons. The fraction of sp³-hybridized carbons (Fsp3) is 0.538. The highest BCUT2D eigenvalue weighted by molar-refractivity contribution is 5.45. The second-order valence-corrected chi connectivity index (χ2v) is 4.50. The molecule has 1 aliphatic heterocycles. The van der Waals surface area contributed by atoms with E-state index in [1.807, 2.05) is 6.07 Å². The van der Waals surface area contributed by atoms with Crippen LogP contribution in [0.3, 0.4) is 0 Å². The Balaban J connectivity index is 1.94. The number of nitrogens with zero attached hydrogens (tertiary/aromatic N) is 1. The van der Waals surface area contributed by atoms with Crippen molar-refractivity contribution in [1.82, 2.24) is 0 Å². The van der Waals surface area contributed by atoms with Crippen molar-refractivity contribution in [3.05, 3.63) is 30.3 Å². The van der Waals surface area contributed by atoms with E-state index in [4.69, 9.17) is 10.5 Å². The van der Waals surface area contributed by atoms with Gasteiger partial charge >= 0.3 is 0 Å². The zero-order valence-electron chi connectivity index (χ0n) is 9.80. The van der Waals surface area contributed by atoms with Gasteiger partial charge in [0, 0.05) is 37.8 Å². The third-order valence-electron chi connectivity index (χ3n) is 3.24. The molecule has 1 saturated heterocycles. The molecule has 1 aliphatic rings. The van der Waals surface area contributed by atoms with E-state index in [9.17, 15) is 0 Å². The molecule has 2 atom stereocenters. The molecule has 0 saturated carbocycles. The van der Waals surface area contributed by atoms with Gasteiger partial charge in [-0.1, -0.05) is 18.2 Å². The van der Waals surface area contributed by atoms with E-state index in [0.717, 1.165) is 26.2 Å². The van der Waals surface area contributed by atoms with Gasteiger partial charge in [0.05, 0.1) is 6.61 Å². The Morgan fingerprint density at radius 2 is 2.12 bits per heavy atom. The summed E-state index contributed by atoms with van der Waals surface area (Å²) in [5.74, 6) is 0.443. The number of anilines is 1. The van der Waals surface area contributed by atoms with E-state index in [1.165, 1.54) is 5.69 Å². The maximum Gasteiger partial charge on any atom is 0.0526 e. The Morgan fingerprint density at radius 3 is 2.81 bits per heavy atom. The highest BCUT2D eigenvalue weighted by Crippen LogP contribution is 2.18. The maximum absolute atomic E-state index is 6.10. The number of benzene rings is 1. The van der Waals surface area contributed by atoms with Gasteiger partial charge in [0.1, 0.15) is 0 Å². The minimum absolute atomic E-state index is 0.278. The molecule has 0 bridgehead atoms. The van der Waals surface area contributed by atoms with Crippen LogP contribution in [0.15, 0.2) is 30.3 Å². The third kappa shape index (κ3) is 2.74. The molecule has 2 unspecified atom stereocenters. The maximum atomic E-state index is 6.10. The van der Waals surface area contributed by atoms with Crippen LogP contribution in [-0.4, -0.2) is 32.8 Å². The fourth-order valence-electron chi connectivity index (χ4n) is 2.14. The van der Waals surface area contributed by atoms with Crippen LogP contribution in [0.5, 0.6) is 0 Å².